The van der Waals surface area contributed by atoms with Crippen molar-refractivity contribution < 1.29 is 29.0 Å². The first-order valence-corrected chi connectivity index (χ1v) is 8.42. The monoisotopic (exact) mass is 417 g/mol. The molecule has 1 aromatic carbocycles. The second-order valence-electron chi connectivity index (χ2n) is 4.79. The highest BCUT2D eigenvalue weighted by Crippen LogP contribution is 2.29. The van der Waals surface area contributed by atoms with Gasteiger partial charge in [0, 0.05) is 29.0 Å². The largest absolute Gasteiger partial charge is 0.480 e. The van der Waals surface area contributed by atoms with Gasteiger partial charge in [-0.1, -0.05) is 15.9 Å². The van der Waals surface area contributed by atoms with Gasteiger partial charge >= 0.3 is 11.9 Å². The molecule has 0 heterocycles. The predicted molar refractivity (Wildman–Crippen MR) is 91.2 cm³/mol. The maximum Gasteiger partial charge on any atom is 0.328 e. The first-order valence-electron chi connectivity index (χ1n) is 6.81. The lowest BCUT2D eigenvalue weighted by molar-refractivity contribution is -0.155. The van der Waals surface area contributed by atoms with Crippen molar-refractivity contribution in [3.05, 3.63) is 28.2 Å². The van der Waals surface area contributed by atoms with E-state index in [2.05, 4.69) is 20.7 Å². The number of esters is 1. The lowest BCUT2D eigenvalue weighted by Crippen LogP contribution is -2.33. The van der Waals surface area contributed by atoms with Gasteiger partial charge in [0.15, 0.2) is 5.78 Å². The number of thioether (sulfide) groups is 1. The average molecular weight is 418 g/mol. The highest BCUT2D eigenvalue weighted by Gasteiger charge is 2.37. The molecule has 0 aromatic heterocycles. The van der Waals surface area contributed by atoms with Gasteiger partial charge in [-0.05, 0) is 36.9 Å². The molecule has 1 rings (SSSR count). The van der Waals surface area contributed by atoms with Crippen LogP contribution < -0.4 is 0 Å². The number of carbonyl (C=O) groups excluding carboxylic acids is 3. The minimum absolute atomic E-state index is 0.0370. The third kappa shape index (κ3) is 5.07. The van der Waals surface area contributed by atoms with Gasteiger partial charge in [0.1, 0.15) is 0 Å². The topological polar surface area (TPSA) is 101 Å². The Morgan fingerprint density at radius 1 is 1.29 bits per heavy atom. The van der Waals surface area contributed by atoms with Gasteiger partial charge in [0.25, 0.3) is 5.24 Å². The number of ether oxygens (including phenoxy) is 1. The van der Waals surface area contributed by atoms with E-state index in [1.165, 1.54) is 24.0 Å². The van der Waals surface area contributed by atoms with E-state index < -0.39 is 23.6 Å². The molecular formula is C15H16BrNO6S. The van der Waals surface area contributed by atoms with Crippen LogP contribution in [0, 0.1) is 5.92 Å². The fraction of sp³-hybridized carbons (Fsp3) is 0.333. The number of amides is 1. The summed E-state index contributed by atoms with van der Waals surface area (Å²) in [4.78, 5) is 49.2. The molecular weight excluding hydrogens is 402 g/mol. The number of aliphatic carboxylic acids is 1. The van der Waals surface area contributed by atoms with E-state index in [0.717, 1.165) is 11.8 Å². The summed E-state index contributed by atoms with van der Waals surface area (Å²) in [5.41, 5.74) is -0.0370. The van der Waals surface area contributed by atoms with Crippen LogP contribution in [0.4, 0.5) is 4.79 Å². The Morgan fingerprint density at radius 3 is 2.42 bits per heavy atom. The molecule has 0 saturated heterocycles. The number of hydrogen-bond acceptors (Lipinski definition) is 6. The third-order valence-corrected chi connectivity index (χ3v) is 4.41. The number of ketones is 1. The highest BCUT2D eigenvalue weighted by molar-refractivity contribution is 9.10. The van der Waals surface area contributed by atoms with Crippen molar-refractivity contribution in [2.75, 3.05) is 20.7 Å². The van der Waals surface area contributed by atoms with E-state index in [1.54, 1.807) is 20.2 Å². The van der Waals surface area contributed by atoms with Gasteiger partial charge in [0.05, 0.1) is 6.61 Å². The van der Waals surface area contributed by atoms with Crippen LogP contribution in [0.25, 0.3) is 0 Å². The number of halogens is 1. The molecule has 0 aliphatic rings. The van der Waals surface area contributed by atoms with Crippen LogP contribution in [0.15, 0.2) is 27.6 Å². The average Bonchev–Trinajstić information content (AvgIpc) is 2.48. The molecule has 1 aromatic rings. The summed E-state index contributed by atoms with van der Waals surface area (Å²) >= 11 is 3.96. The third-order valence-electron chi connectivity index (χ3n) is 2.80. The van der Waals surface area contributed by atoms with Crippen molar-refractivity contribution >= 4 is 50.7 Å². The first-order chi connectivity index (χ1) is 11.2. The zero-order valence-corrected chi connectivity index (χ0v) is 15.6. The number of carboxylic acids is 1. The fourth-order valence-electron chi connectivity index (χ4n) is 1.67. The van der Waals surface area contributed by atoms with Crippen molar-refractivity contribution in [3.63, 3.8) is 0 Å². The number of benzene rings is 1. The van der Waals surface area contributed by atoms with Crippen LogP contribution in [0.5, 0.6) is 0 Å². The predicted octanol–water partition coefficient (Wildman–Crippen LogP) is 2.67. The van der Waals surface area contributed by atoms with Gasteiger partial charge < -0.3 is 14.7 Å². The molecule has 0 saturated carbocycles. The number of carboxylic acid groups (broad SMARTS) is 1. The summed E-state index contributed by atoms with van der Waals surface area (Å²) in [7, 11) is 3.10. The minimum atomic E-state index is -1.98. The molecule has 1 amide bonds. The second kappa shape index (κ2) is 8.84. The molecule has 9 heteroatoms. The normalized spacial score (nSPS) is 11.5. The van der Waals surface area contributed by atoms with Crippen molar-refractivity contribution in [1.29, 1.82) is 0 Å². The molecule has 0 spiro atoms. The molecule has 0 aliphatic heterocycles. The van der Waals surface area contributed by atoms with Gasteiger partial charge in [-0.2, -0.15) is 0 Å². The summed E-state index contributed by atoms with van der Waals surface area (Å²) in [6, 6.07) is 4.50. The van der Waals surface area contributed by atoms with Gasteiger partial charge in [0.2, 0.25) is 5.92 Å². The molecule has 0 fully saturated rings. The summed E-state index contributed by atoms with van der Waals surface area (Å²) in [6.07, 6.45) is 0. The van der Waals surface area contributed by atoms with Crippen LogP contribution >= 0.6 is 27.7 Å². The summed E-state index contributed by atoms with van der Waals surface area (Å²) in [6.45, 7) is 1.46. The van der Waals surface area contributed by atoms with Crippen LogP contribution in [0.3, 0.4) is 0 Å². The molecule has 0 aliphatic carbocycles. The zero-order chi connectivity index (χ0) is 18.4. The summed E-state index contributed by atoms with van der Waals surface area (Å²) < 4.78 is 5.18. The Balaban J connectivity index is 3.28. The van der Waals surface area contributed by atoms with Crippen LogP contribution in [-0.2, 0) is 14.3 Å². The molecule has 130 valence electrons. The molecule has 0 bridgehead atoms. The van der Waals surface area contributed by atoms with Crippen molar-refractivity contribution in [2.24, 2.45) is 5.92 Å². The Labute approximate surface area is 151 Å². The Morgan fingerprint density at radius 2 is 1.92 bits per heavy atom. The van der Waals surface area contributed by atoms with Crippen molar-refractivity contribution in [1.82, 2.24) is 4.90 Å². The van der Waals surface area contributed by atoms with E-state index >= 15 is 0 Å². The molecule has 1 unspecified atom stereocenters. The number of nitrogens with zero attached hydrogens (tertiary/aromatic N) is 1. The number of Topliss-reactive ketones (excluding diaryl/α,β-unsaturated/α-hetero) is 1. The Kier molecular flexibility index (Phi) is 7.43. The first kappa shape index (κ1) is 20.2. The second-order valence-corrected chi connectivity index (χ2v) is 6.70. The molecule has 0 radical (unpaired) electrons. The SMILES string of the molecule is CCOC(=O)C(C(=O)O)C(=O)c1cc(Br)ccc1SC(=O)N(C)C. The molecule has 1 atom stereocenters. The van der Waals surface area contributed by atoms with E-state index in [9.17, 15) is 24.3 Å². The highest BCUT2D eigenvalue weighted by atomic mass is 79.9. The molecule has 7 nitrogen and oxygen atoms in total. The lowest BCUT2D eigenvalue weighted by atomic mass is 9.98. The fourth-order valence-corrected chi connectivity index (χ4v) is 2.81. The van der Waals surface area contributed by atoms with E-state index in [4.69, 9.17) is 0 Å². The van der Waals surface area contributed by atoms with E-state index in [1.807, 2.05) is 0 Å². The number of carbonyl (C=O) groups is 4. The molecule has 24 heavy (non-hydrogen) atoms. The lowest BCUT2D eigenvalue weighted by Gasteiger charge is -2.15. The van der Waals surface area contributed by atoms with Crippen LogP contribution in [-0.4, -0.2) is 53.7 Å². The number of rotatable bonds is 6. The summed E-state index contributed by atoms with van der Waals surface area (Å²) in [5.74, 6) is -5.65. The number of hydrogen-bond donors (Lipinski definition) is 1. The van der Waals surface area contributed by atoms with Crippen LogP contribution in [0.2, 0.25) is 0 Å². The maximum absolute atomic E-state index is 12.6. The van der Waals surface area contributed by atoms with Gasteiger partial charge in [-0.25, -0.2) is 0 Å². The minimum Gasteiger partial charge on any atom is -0.480 e. The standard InChI is InChI=1S/C15H16BrNO6S/c1-4-23-14(21)11(13(19)20)12(18)9-7-8(16)5-6-10(9)24-15(22)17(2)3/h5-7,11H,4H2,1-3H3,(H,19,20). The Bertz CT molecular complexity index is 676. The smallest absolute Gasteiger partial charge is 0.328 e. The zero-order valence-electron chi connectivity index (χ0n) is 13.2. The van der Waals surface area contributed by atoms with E-state index in [-0.39, 0.29) is 22.3 Å². The molecule has 1 N–H and O–H groups in total. The van der Waals surface area contributed by atoms with E-state index in [0.29, 0.717) is 4.47 Å². The summed E-state index contributed by atoms with van der Waals surface area (Å²) in [5, 5.41) is 8.88. The van der Waals surface area contributed by atoms with Crippen LogP contribution in [0.1, 0.15) is 17.3 Å². The van der Waals surface area contributed by atoms with Crippen molar-refractivity contribution in [3.8, 4) is 0 Å². The van der Waals surface area contributed by atoms with Gasteiger partial charge in [-0.15, -0.1) is 0 Å². The Hall–Kier alpha value is -1.87. The van der Waals surface area contributed by atoms with Gasteiger partial charge in [-0.3, -0.25) is 19.2 Å². The quantitative estimate of drug-likeness (QED) is 0.328. The van der Waals surface area contributed by atoms with Crippen molar-refractivity contribution in [2.45, 2.75) is 11.8 Å². The maximum atomic E-state index is 12.6.